The molecule has 2 N–H and O–H groups in total. The zero-order valence-corrected chi connectivity index (χ0v) is 20.7. The molecule has 0 unspecified atom stereocenters. The molecule has 0 saturated carbocycles. The van der Waals surface area contributed by atoms with Gasteiger partial charge in [0.05, 0.1) is 11.2 Å². The largest absolute Gasteiger partial charge is 0.357 e. The summed E-state index contributed by atoms with van der Waals surface area (Å²) in [7, 11) is 0. The Morgan fingerprint density at radius 1 is 0.939 bits per heavy atom. The average molecular weight is 509 g/mol. The molecule has 2 aromatic carbocycles. The molecule has 4 rings (SSSR count). The summed E-state index contributed by atoms with van der Waals surface area (Å²) >= 11 is 3.45. The molecule has 0 aliphatic carbocycles. The van der Waals surface area contributed by atoms with E-state index in [0.29, 0.717) is 11.4 Å². The number of rotatable bonds is 6. The normalized spacial score (nSPS) is 13.7. The minimum Gasteiger partial charge on any atom is -0.357 e. The van der Waals surface area contributed by atoms with Crippen LogP contribution >= 0.6 is 15.9 Å². The van der Waals surface area contributed by atoms with E-state index in [1.807, 2.05) is 43.3 Å². The highest BCUT2D eigenvalue weighted by molar-refractivity contribution is 9.10. The van der Waals surface area contributed by atoms with Crippen LogP contribution in [0.4, 0.5) is 17.2 Å². The number of amides is 2. The second-order valence-corrected chi connectivity index (χ2v) is 9.51. The molecule has 0 atom stereocenters. The first-order valence-corrected chi connectivity index (χ1v) is 12.2. The van der Waals surface area contributed by atoms with Crippen LogP contribution in [0, 0.1) is 13.8 Å². The van der Waals surface area contributed by atoms with Crippen LogP contribution in [-0.4, -0.2) is 29.9 Å². The molecule has 2 heterocycles. The van der Waals surface area contributed by atoms with E-state index in [4.69, 9.17) is 4.98 Å². The molecule has 7 heteroatoms. The van der Waals surface area contributed by atoms with E-state index in [0.717, 1.165) is 45.4 Å². The third-order valence-electron chi connectivity index (χ3n) is 5.94. The fraction of sp³-hybridized carbons (Fsp3) is 0.346. The lowest BCUT2D eigenvalue weighted by atomic mass is 10.1. The average Bonchev–Trinajstić information content (AvgIpc) is 2.80. The van der Waals surface area contributed by atoms with E-state index in [-0.39, 0.29) is 24.7 Å². The fourth-order valence-corrected chi connectivity index (χ4v) is 4.72. The monoisotopic (exact) mass is 508 g/mol. The number of hydrogen-bond donors (Lipinski definition) is 2. The zero-order valence-electron chi connectivity index (χ0n) is 19.1. The molecule has 2 amide bonds. The summed E-state index contributed by atoms with van der Waals surface area (Å²) in [4.78, 5) is 31.9. The number of piperidine rings is 1. The summed E-state index contributed by atoms with van der Waals surface area (Å²) < 4.78 is 0.823. The molecule has 1 aliphatic rings. The van der Waals surface area contributed by atoms with E-state index >= 15 is 0 Å². The first-order valence-electron chi connectivity index (χ1n) is 11.4. The molecule has 0 radical (unpaired) electrons. The van der Waals surface area contributed by atoms with Crippen LogP contribution in [0.15, 0.2) is 46.9 Å². The molecule has 33 heavy (non-hydrogen) atoms. The Kier molecular flexibility index (Phi) is 7.28. The molecule has 1 aromatic heterocycles. The summed E-state index contributed by atoms with van der Waals surface area (Å²) in [5, 5.41) is 6.78. The van der Waals surface area contributed by atoms with Crippen molar-refractivity contribution >= 4 is 55.8 Å². The van der Waals surface area contributed by atoms with Gasteiger partial charge in [0.15, 0.2) is 0 Å². The number of aryl methyl sites for hydroxylation is 2. The minimum atomic E-state index is -0.196. The lowest BCUT2D eigenvalue weighted by Gasteiger charge is -2.28. The van der Waals surface area contributed by atoms with Crippen molar-refractivity contribution in [3.8, 4) is 0 Å². The third kappa shape index (κ3) is 5.90. The van der Waals surface area contributed by atoms with Gasteiger partial charge in [0, 0.05) is 41.5 Å². The third-order valence-corrected chi connectivity index (χ3v) is 6.60. The number of aromatic nitrogens is 1. The van der Waals surface area contributed by atoms with Crippen LogP contribution in [0.25, 0.3) is 10.9 Å². The van der Waals surface area contributed by atoms with Crippen LogP contribution in [-0.2, 0) is 9.59 Å². The van der Waals surface area contributed by atoms with Crippen LogP contribution in [0.1, 0.15) is 43.2 Å². The summed E-state index contributed by atoms with van der Waals surface area (Å²) in [5.41, 5.74) is 4.58. The maximum Gasteiger partial charge on any atom is 0.224 e. The number of fused-ring (bicyclic) bond motifs is 1. The molecule has 1 fully saturated rings. The topological polar surface area (TPSA) is 74.3 Å². The van der Waals surface area contributed by atoms with Crippen LogP contribution < -0.4 is 15.5 Å². The van der Waals surface area contributed by atoms with E-state index < -0.39 is 0 Å². The number of carbonyl (C=O) groups is 2. The molecule has 172 valence electrons. The lowest BCUT2D eigenvalue weighted by Crippen LogP contribution is -2.30. The quantitative estimate of drug-likeness (QED) is 0.430. The van der Waals surface area contributed by atoms with Crippen LogP contribution in [0.3, 0.4) is 0 Å². The predicted molar refractivity (Wildman–Crippen MR) is 138 cm³/mol. The summed E-state index contributed by atoms with van der Waals surface area (Å²) in [6, 6.07) is 13.6. The van der Waals surface area contributed by atoms with E-state index in [9.17, 15) is 9.59 Å². The SMILES string of the molecule is Cc1ccc(NC(=O)CCC(=O)Nc2ccc3nc(N4CCCCC4)cc(C)c3c2)c(Br)c1. The summed E-state index contributed by atoms with van der Waals surface area (Å²) in [5.74, 6) is 0.643. The number of halogens is 1. The van der Waals surface area contributed by atoms with Crippen LogP contribution in [0.5, 0.6) is 0 Å². The highest BCUT2D eigenvalue weighted by atomic mass is 79.9. The van der Waals surface area contributed by atoms with Gasteiger partial charge < -0.3 is 15.5 Å². The van der Waals surface area contributed by atoms with Gasteiger partial charge in [-0.25, -0.2) is 4.98 Å². The van der Waals surface area contributed by atoms with Gasteiger partial charge in [-0.15, -0.1) is 0 Å². The molecule has 0 bridgehead atoms. The first-order chi connectivity index (χ1) is 15.9. The Bertz CT molecular complexity index is 1190. The van der Waals surface area contributed by atoms with Crippen molar-refractivity contribution in [3.63, 3.8) is 0 Å². The Hall–Kier alpha value is -2.93. The molecular formula is C26H29BrN4O2. The second-order valence-electron chi connectivity index (χ2n) is 8.66. The molecule has 3 aromatic rings. The van der Waals surface area contributed by atoms with Gasteiger partial charge in [0.2, 0.25) is 11.8 Å². The number of nitrogens with one attached hydrogen (secondary N) is 2. The molecule has 0 spiro atoms. The van der Waals surface area contributed by atoms with Crippen molar-refractivity contribution in [1.29, 1.82) is 0 Å². The van der Waals surface area contributed by atoms with Gasteiger partial charge in [0.1, 0.15) is 5.82 Å². The number of anilines is 3. The molecule has 6 nitrogen and oxygen atoms in total. The highest BCUT2D eigenvalue weighted by Crippen LogP contribution is 2.27. The van der Waals surface area contributed by atoms with Gasteiger partial charge in [-0.2, -0.15) is 0 Å². The van der Waals surface area contributed by atoms with Gasteiger partial charge >= 0.3 is 0 Å². The van der Waals surface area contributed by atoms with Crippen molar-refractivity contribution in [2.45, 2.75) is 46.0 Å². The number of hydrogen-bond acceptors (Lipinski definition) is 4. The predicted octanol–water partition coefficient (Wildman–Crippen LogP) is 5.96. The smallest absolute Gasteiger partial charge is 0.224 e. The van der Waals surface area contributed by atoms with E-state index in [1.54, 1.807) is 0 Å². The summed E-state index contributed by atoms with van der Waals surface area (Å²) in [6.45, 7) is 6.18. The Labute approximate surface area is 202 Å². The fourth-order valence-electron chi connectivity index (χ4n) is 4.12. The molecular weight excluding hydrogens is 480 g/mol. The Balaban J connectivity index is 1.36. The maximum atomic E-state index is 12.4. The van der Waals surface area contributed by atoms with Gasteiger partial charge in [-0.05, 0) is 96.6 Å². The van der Waals surface area contributed by atoms with Crippen molar-refractivity contribution in [3.05, 3.63) is 58.1 Å². The minimum absolute atomic E-state index is 0.110. The van der Waals surface area contributed by atoms with Crippen LogP contribution in [0.2, 0.25) is 0 Å². The maximum absolute atomic E-state index is 12.4. The number of nitrogens with zero attached hydrogens (tertiary/aromatic N) is 2. The highest BCUT2D eigenvalue weighted by Gasteiger charge is 2.15. The molecule has 1 aliphatic heterocycles. The standard InChI is InChI=1S/C26H29BrN4O2/c1-17-6-8-23(21(27)14-17)30-26(33)11-10-25(32)28-19-7-9-22-20(16-19)18(2)15-24(29-22)31-12-4-3-5-13-31/h6-9,14-16H,3-5,10-13H2,1-2H3,(H,28,32)(H,30,33). The van der Waals surface area contributed by atoms with Crippen molar-refractivity contribution in [2.75, 3.05) is 28.6 Å². The Morgan fingerprint density at radius 2 is 1.67 bits per heavy atom. The number of benzene rings is 2. The summed E-state index contributed by atoms with van der Waals surface area (Å²) in [6.07, 6.45) is 3.93. The Morgan fingerprint density at radius 3 is 2.39 bits per heavy atom. The van der Waals surface area contributed by atoms with Crippen molar-refractivity contribution in [1.82, 2.24) is 4.98 Å². The second kappa shape index (κ2) is 10.3. The number of carbonyl (C=O) groups excluding carboxylic acids is 2. The van der Waals surface area contributed by atoms with Gasteiger partial charge in [-0.3, -0.25) is 9.59 Å². The molecule has 1 saturated heterocycles. The number of pyridine rings is 1. The van der Waals surface area contributed by atoms with Crippen molar-refractivity contribution in [2.24, 2.45) is 0 Å². The van der Waals surface area contributed by atoms with Crippen molar-refractivity contribution < 1.29 is 9.59 Å². The van der Waals surface area contributed by atoms with Gasteiger partial charge in [-0.1, -0.05) is 6.07 Å². The van der Waals surface area contributed by atoms with E-state index in [1.165, 1.54) is 19.3 Å². The van der Waals surface area contributed by atoms with Gasteiger partial charge in [0.25, 0.3) is 0 Å². The first kappa shape index (κ1) is 23.2. The van der Waals surface area contributed by atoms with E-state index in [2.05, 4.69) is 44.5 Å². The lowest BCUT2D eigenvalue weighted by molar-refractivity contribution is -0.121. The zero-order chi connectivity index (χ0) is 23.4.